The van der Waals surface area contributed by atoms with Crippen LogP contribution >= 0.6 is 22.9 Å². The highest BCUT2D eigenvalue weighted by Gasteiger charge is 2.04. The van der Waals surface area contributed by atoms with E-state index in [4.69, 9.17) is 16.3 Å². The van der Waals surface area contributed by atoms with Gasteiger partial charge in [0.05, 0.1) is 12.5 Å². The SMILES string of the molecule is CCOc1ccc(NCCc2ccsc2)cc1CCl. The third-order valence-corrected chi connectivity index (χ3v) is 3.85. The van der Waals surface area contributed by atoms with E-state index in [2.05, 4.69) is 28.2 Å². The molecule has 0 spiro atoms. The van der Waals surface area contributed by atoms with Crippen molar-refractivity contribution in [3.63, 3.8) is 0 Å². The summed E-state index contributed by atoms with van der Waals surface area (Å²) in [5.74, 6) is 1.34. The van der Waals surface area contributed by atoms with Crippen LogP contribution in [0.5, 0.6) is 5.75 Å². The standard InChI is InChI=1S/C15H18ClNOS/c1-2-18-15-4-3-14(9-13(15)10-16)17-7-5-12-6-8-19-11-12/h3-4,6,8-9,11,17H,2,5,7,10H2,1H3. The first-order valence-corrected chi connectivity index (χ1v) is 7.88. The first-order chi connectivity index (χ1) is 9.33. The lowest BCUT2D eigenvalue weighted by Crippen LogP contribution is -2.05. The molecule has 19 heavy (non-hydrogen) atoms. The second-order valence-electron chi connectivity index (χ2n) is 4.20. The molecule has 1 aromatic heterocycles. The van der Waals surface area contributed by atoms with Crippen molar-refractivity contribution in [2.24, 2.45) is 0 Å². The Kier molecular flexibility index (Phi) is 5.55. The maximum atomic E-state index is 5.95. The first-order valence-electron chi connectivity index (χ1n) is 6.40. The first kappa shape index (κ1) is 14.2. The van der Waals surface area contributed by atoms with Gasteiger partial charge in [-0.25, -0.2) is 0 Å². The van der Waals surface area contributed by atoms with Crippen molar-refractivity contribution < 1.29 is 4.74 Å². The van der Waals surface area contributed by atoms with Crippen LogP contribution in [0.2, 0.25) is 0 Å². The lowest BCUT2D eigenvalue weighted by molar-refractivity contribution is 0.337. The van der Waals surface area contributed by atoms with Crippen LogP contribution in [0, 0.1) is 0 Å². The van der Waals surface area contributed by atoms with Gasteiger partial charge in [-0.1, -0.05) is 0 Å². The van der Waals surface area contributed by atoms with Gasteiger partial charge in [-0.2, -0.15) is 11.3 Å². The van der Waals surface area contributed by atoms with Gasteiger partial charge in [0.25, 0.3) is 0 Å². The highest BCUT2D eigenvalue weighted by molar-refractivity contribution is 7.07. The molecule has 0 aliphatic heterocycles. The average Bonchev–Trinajstić information content (AvgIpc) is 2.94. The monoisotopic (exact) mass is 295 g/mol. The Balaban J connectivity index is 1.93. The molecule has 0 saturated carbocycles. The largest absolute Gasteiger partial charge is 0.494 e. The highest BCUT2D eigenvalue weighted by Crippen LogP contribution is 2.24. The number of anilines is 1. The minimum Gasteiger partial charge on any atom is -0.494 e. The van der Waals surface area contributed by atoms with E-state index in [0.29, 0.717) is 12.5 Å². The Hall–Kier alpha value is -1.19. The number of ether oxygens (including phenoxy) is 1. The Labute approximate surface area is 123 Å². The topological polar surface area (TPSA) is 21.3 Å². The normalized spacial score (nSPS) is 10.4. The molecule has 102 valence electrons. The average molecular weight is 296 g/mol. The van der Waals surface area contributed by atoms with Crippen LogP contribution in [0.1, 0.15) is 18.1 Å². The smallest absolute Gasteiger partial charge is 0.123 e. The lowest BCUT2D eigenvalue weighted by Gasteiger charge is -2.11. The van der Waals surface area contributed by atoms with Crippen molar-refractivity contribution in [3.05, 3.63) is 46.2 Å². The fourth-order valence-corrected chi connectivity index (χ4v) is 2.79. The zero-order valence-electron chi connectivity index (χ0n) is 11.0. The number of hydrogen-bond donors (Lipinski definition) is 1. The summed E-state index contributed by atoms with van der Waals surface area (Å²) in [5.41, 5.74) is 3.50. The summed E-state index contributed by atoms with van der Waals surface area (Å²) < 4.78 is 5.54. The summed E-state index contributed by atoms with van der Waals surface area (Å²) in [6.07, 6.45) is 1.03. The molecule has 0 aliphatic rings. The number of thiophene rings is 1. The Bertz CT molecular complexity index is 499. The minimum atomic E-state index is 0.468. The van der Waals surface area contributed by atoms with Crippen molar-refractivity contribution in [2.45, 2.75) is 19.2 Å². The summed E-state index contributed by atoms with van der Waals surface area (Å²) in [4.78, 5) is 0. The van der Waals surface area contributed by atoms with E-state index < -0.39 is 0 Å². The van der Waals surface area contributed by atoms with E-state index >= 15 is 0 Å². The van der Waals surface area contributed by atoms with Crippen LogP contribution in [-0.2, 0) is 12.3 Å². The van der Waals surface area contributed by atoms with Gasteiger partial charge in [0, 0.05) is 17.8 Å². The Morgan fingerprint density at radius 2 is 2.21 bits per heavy atom. The van der Waals surface area contributed by atoms with E-state index in [1.165, 1.54) is 5.56 Å². The molecule has 0 fully saturated rings. The van der Waals surface area contributed by atoms with Gasteiger partial charge < -0.3 is 10.1 Å². The van der Waals surface area contributed by atoms with Gasteiger partial charge in [-0.3, -0.25) is 0 Å². The Morgan fingerprint density at radius 1 is 1.32 bits per heavy atom. The number of nitrogens with one attached hydrogen (secondary N) is 1. The Morgan fingerprint density at radius 3 is 2.89 bits per heavy atom. The fourth-order valence-electron chi connectivity index (χ4n) is 1.88. The van der Waals surface area contributed by atoms with Gasteiger partial charge in [0.1, 0.15) is 5.75 Å². The number of rotatable bonds is 7. The highest BCUT2D eigenvalue weighted by atomic mass is 35.5. The molecule has 2 aromatic rings. The molecule has 1 N–H and O–H groups in total. The number of halogens is 1. The van der Waals surface area contributed by atoms with E-state index in [0.717, 1.165) is 30.0 Å². The molecule has 1 aromatic carbocycles. The summed E-state index contributed by atoms with van der Waals surface area (Å²) in [6.45, 7) is 3.56. The zero-order valence-corrected chi connectivity index (χ0v) is 12.6. The summed E-state index contributed by atoms with van der Waals surface area (Å²) >= 11 is 7.69. The molecule has 0 atom stereocenters. The quantitative estimate of drug-likeness (QED) is 0.757. The predicted molar refractivity (Wildman–Crippen MR) is 83.7 cm³/mol. The molecule has 4 heteroatoms. The van der Waals surface area contributed by atoms with Crippen LogP contribution < -0.4 is 10.1 Å². The van der Waals surface area contributed by atoms with Gasteiger partial charge in [0.2, 0.25) is 0 Å². The summed E-state index contributed by atoms with van der Waals surface area (Å²) in [6, 6.07) is 8.24. The van der Waals surface area contributed by atoms with Gasteiger partial charge in [0.15, 0.2) is 0 Å². The second-order valence-corrected chi connectivity index (χ2v) is 5.24. The van der Waals surface area contributed by atoms with Crippen molar-refractivity contribution >= 4 is 28.6 Å². The van der Waals surface area contributed by atoms with Crippen LogP contribution in [0.4, 0.5) is 5.69 Å². The molecule has 2 nitrogen and oxygen atoms in total. The van der Waals surface area contributed by atoms with Crippen molar-refractivity contribution in [1.82, 2.24) is 0 Å². The second kappa shape index (κ2) is 7.41. The molecule has 1 heterocycles. The molecule has 0 saturated heterocycles. The molecule has 0 amide bonds. The third kappa shape index (κ3) is 4.15. The fraction of sp³-hybridized carbons (Fsp3) is 0.333. The van der Waals surface area contributed by atoms with Gasteiger partial charge in [-0.15, -0.1) is 11.6 Å². The van der Waals surface area contributed by atoms with Crippen molar-refractivity contribution in [2.75, 3.05) is 18.5 Å². The van der Waals surface area contributed by atoms with Crippen molar-refractivity contribution in [1.29, 1.82) is 0 Å². The number of benzene rings is 1. The minimum absolute atomic E-state index is 0.468. The van der Waals surface area contributed by atoms with E-state index in [-0.39, 0.29) is 0 Å². The number of alkyl halides is 1. The van der Waals surface area contributed by atoms with Crippen LogP contribution in [0.15, 0.2) is 35.0 Å². The maximum Gasteiger partial charge on any atom is 0.123 e. The van der Waals surface area contributed by atoms with Gasteiger partial charge >= 0.3 is 0 Å². The van der Waals surface area contributed by atoms with E-state index in [1.807, 2.05) is 19.1 Å². The van der Waals surface area contributed by atoms with E-state index in [9.17, 15) is 0 Å². The molecular formula is C15H18ClNOS. The zero-order chi connectivity index (χ0) is 13.5. The maximum absolute atomic E-state index is 5.95. The lowest BCUT2D eigenvalue weighted by atomic mass is 10.2. The molecule has 2 rings (SSSR count). The van der Waals surface area contributed by atoms with E-state index in [1.54, 1.807) is 11.3 Å². The summed E-state index contributed by atoms with van der Waals surface area (Å²) in [7, 11) is 0. The molecule has 0 bridgehead atoms. The van der Waals surface area contributed by atoms with Crippen LogP contribution in [0.25, 0.3) is 0 Å². The molecule has 0 radical (unpaired) electrons. The molecular weight excluding hydrogens is 278 g/mol. The molecule has 0 aliphatic carbocycles. The summed E-state index contributed by atoms with van der Waals surface area (Å²) in [5, 5.41) is 7.71. The van der Waals surface area contributed by atoms with Crippen LogP contribution in [0.3, 0.4) is 0 Å². The third-order valence-electron chi connectivity index (χ3n) is 2.83. The number of hydrogen-bond acceptors (Lipinski definition) is 3. The molecule has 0 unspecified atom stereocenters. The van der Waals surface area contributed by atoms with Crippen molar-refractivity contribution in [3.8, 4) is 5.75 Å². The van der Waals surface area contributed by atoms with Gasteiger partial charge in [-0.05, 0) is 53.9 Å². The predicted octanol–water partition coefficient (Wildman–Crippen LogP) is 4.54. The van der Waals surface area contributed by atoms with Crippen LogP contribution in [-0.4, -0.2) is 13.2 Å².